The van der Waals surface area contributed by atoms with Gasteiger partial charge in [0.05, 0.1) is 11.1 Å². The molecular formula is C21H20N4O2S2. The molecule has 4 aromatic rings. The van der Waals surface area contributed by atoms with Crippen molar-refractivity contribution in [1.82, 2.24) is 19.7 Å². The molecule has 1 aliphatic carbocycles. The van der Waals surface area contributed by atoms with E-state index < -0.39 is 0 Å². The molecule has 0 N–H and O–H groups in total. The predicted octanol–water partition coefficient (Wildman–Crippen LogP) is 4.83. The van der Waals surface area contributed by atoms with Gasteiger partial charge >= 0.3 is 0 Å². The van der Waals surface area contributed by atoms with Crippen molar-refractivity contribution in [2.45, 2.75) is 43.5 Å². The molecule has 0 unspecified atom stereocenters. The molecular weight excluding hydrogens is 404 g/mol. The topological polar surface area (TPSA) is 73.8 Å². The van der Waals surface area contributed by atoms with E-state index >= 15 is 0 Å². The lowest BCUT2D eigenvalue weighted by atomic mass is 10.0. The third-order valence-corrected chi connectivity index (χ3v) is 7.23. The fourth-order valence-corrected chi connectivity index (χ4v) is 5.06. The van der Waals surface area contributed by atoms with Gasteiger partial charge in [0.1, 0.15) is 4.83 Å². The molecule has 6 nitrogen and oxygen atoms in total. The Morgan fingerprint density at radius 2 is 2.07 bits per heavy atom. The highest BCUT2D eigenvalue weighted by atomic mass is 32.2. The lowest BCUT2D eigenvalue weighted by Crippen LogP contribution is -2.19. The van der Waals surface area contributed by atoms with Gasteiger partial charge < -0.3 is 4.52 Å². The lowest BCUT2D eigenvalue weighted by Gasteiger charge is -2.08. The maximum Gasteiger partial charge on any atom is 0.263 e. The number of aryl methyl sites for hydroxylation is 2. The molecule has 0 saturated heterocycles. The highest BCUT2D eigenvalue weighted by Gasteiger charge is 2.29. The molecule has 1 aliphatic rings. The van der Waals surface area contributed by atoms with Crippen LogP contribution in [-0.4, -0.2) is 19.7 Å². The number of hydrogen-bond donors (Lipinski definition) is 0. The quantitative estimate of drug-likeness (QED) is 0.337. The summed E-state index contributed by atoms with van der Waals surface area (Å²) in [6, 6.07) is 6.29. The second-order valence-electron chi connectivity index (χ2n) is 7.50. The summed E-state index contributed by atoms with van der Waals surface area (Å²) in [6.45, 7) is 4.18. The summed E-state index contributed by atoms with van der Waals surface area (Å²) in [6.07, 6.45) is 2.26. The summed E-state index contributed by atoms with van der Waals surface area (Å²) in [7, 11) is 1.77. The number of thiophene rings is 1. The van der Waals surface area contributed by atoms with Crippen LogP contribution in [0.15, 0.2) is 38.1 Å². The van der Waals surface area contributed by atoms with Crippen molar-refractivity contribution in [2.75, 3.05) is 0 Å². The number of rotatable bonds is 5. The second kappa shape index (κ2) is 7.11. The van der Waals surface area contributed by atoms with E-state index in [1.807, 2.05) is 5.38 Å². The fraction of sp³-hybridized carbons (Fsp3) is 0.333. The smallest absolute Gasteiger partial charge is 0.263 e. The molecule has 1 aromatic carbocycles. The van der Waals surface area contributed by atoms with Gasteiger partial charge in [0.15, 0.2) is 11.0 Å². The van der Waals surface area contributed by atoms with Gasteiger partial charge in [-0.05, 0) is 43.4 Å². The molecule has 0 atom stereocenters. The van der Waals surface area contributed by atoms with Gasteiger partial charge in [-0.2, -0.15) is 4.98 Å². The van der Waals surface area contributed by atoms with Gasteiger partial charge in [-0.25, -0.2) is 4.98 Å². The third kappa shape index (κ3) is 3.40. The molecule has 0 radical (unpaired) electrons. The van der Waals surface area contributed by atoms with E-state index in [1.165, 1.54) is 34.2 Å². The zero-order chi connectivity index (χ0) is 20.1. The molecule has 0 aliphatic heterocycles. The summed E-state index contributed by atoms with van der Waals surface area (Å²) in [4.78, 5) is 23.1. The monoisotopic (exact) mass is 424 g/mol. The Morgan fingerprint density at radius 1 is 1.24 bits per heavy atom. The molecule has 148 valence electrons. The molecule has 0 amide bonds. The molecule has 0 spiro atoms. The van der Waals surface area contributed by atoms with Crippen LogP contribution in [0.2, 0.25) is 0 Å². The fourth-order valence-electron chi connectivity index (χ4n) is 3.25. The number of fused-ring (bicyclic) bond motifs is 1. The first-order chi connectivity index (χ1) is 14.0. The van der Waals surface area contributed by atoms with Crippen LogP contribution in [0.1, 0.15) is 41.6 Å². The van der Waals surface area contributed by atoms with Crippen LogP contribution in [0.4, 0.5) is 0 Å². The molecule has 8 heteroatoms. The van der Waals surface area contributed by atoms with E-state index in [9.17, 15) is 4.79 Å². The van der Waals surface area contributed by atoms with Crippen LogP contribution in [0.3, 0.4) is 0 Å². The van der Waals surface area contributed by atoms with E-state index in [-0.39, 0.29) is 5.56 Å². The molecule has 0 bridgehead atoms. The van der Waals surface area contributed by atoms with E-state index in [0.29, 0.717) is 28.0 Å². The van der Waals surface area contributed by atoms with Crippen LogP contribution < -0.4 is 5.56 Å². The number of nitrogens with zero attached hydrogens (tertiary/aromatic N) is 4. The van der Waals surface area contributed by atoms with E-state index in [4.69, 9.17) is 9.51 Å². The summed E-state index contributed by atoms with van der Waals surface area (Å²) < 4.78 is 6.93. The van der Waals surface area contributed by atoms with Crippen LogP contribution in [0.25, 0.3) is 21.3 Å². The minimum Gasteiger partial charge on any atom is -0.339 e. The van der Waals surface area contributed by atoms with E-state index in [1.54, 1.807) is 11.6 Å². The molecule has 1 saturated carbocycles. The van der Waals surface area contributed by atoms with Crippen molar-refractivity contribution in [1.29, 1.82) is 0 Å². The first kappa shape index (κ1) is 18.6. The van der Waals surface area contributed by atoms with Crippen molar-refractivity contribution in [3.8, 4) is 11.1 Å². The van der Waals surface area contributed by atoms with Crippen molar-refractivity contribution >= 4 is 33.3 Å². The van der Waals surface area contributed by atoms with Crippen LogP contribution in [0.5, 0.6) is 0 Å². The summed E-state index contributed by atoms with van der Waals surface area (Å²) in [5.74, 6) is 2.34. The maximum absolute atomic E-state index is 13.1. The zero-order valence-electron chi connectivity index (χ0n) is 16.4. The normalized spacial score (nSPS) is 14.0. The minimum atomic E-state index is -0.0289. The summed E-state index contributed by atoms with van der Waals surface area (Å²) in [5, 5.41) is 7.42. The molecule has 3 heterocycles. The first-order valence-electron chi connectivity index (χ1n) is 9.52. The van der Waals surface area contributed by atoms with Crippen molar-refractivity contribution in [3.63, 3.8) is 0 Å². The Labute approximate surface area is 176 Å². The van der Waals surface area contributed by atoms with Gasteiger partial charge in [0.2, 0.25) is 5.89 Å². The average Bonchev–Trinajstić information content (AvgIpc) is 3.30. The Bertz CT molecular complexity index is 1280. The Hall–Kier alpha value is -2.45. The van der Waals surface area contributed by atoms with Crippen LogP contribution >= 0.6 is 23.1 Å². The van der Waals surface area contributed by atoms with Gasteiger partial charge in [0, 0.05) is 23.9 Å². The SMILES string of the molecule is Cc1ccc(-c2csc3nc(SCc4noc(C5CC5)n4)n(C)c(=O)c23)cc1C. The second-order valence-corrected chi connectivity index (χ2v) is 9.30. The average molecular weight is 425 g/mol. The third-order valence-electron chi connectivity index (χ3n) is 5.33. The van der Waals surface area contributed by atoms with Crippen LogP contribution in [0, 0.1) is 13.8 Å². The Kier molecular flexibility index (Phi) is 4.55. The minimum absolute atomic E-state index is 0.0289. The van der Waals surface area contributed by atoms with E-state index in [0.717, 1.165) is 34.7 Å². The van der Waals surface area contributed by atoms with Gasteiger partial charge in [-0.1, -0.05) is 35.1 Å². The molecule has 3 aromatic heterocycles. The highest BCUT2D eigenvalue weighted by molar-refractivity contribution is 7.98. The first-order valence-corrected chi connectivity index (χ1v) is 11.4. The largest absolute Gasteiger partial charge is 0.339 e. The summed E-state index contributed by atoms with van der Waals surface area (Å²) >= 11 is 2.96. The standard InChI is InChI=1S/C21H20N4O2S2/c1-11-4-5-14(8-12(11)2)15-9-28-19-17(15)20(26)25(3)21(23-19)29-10-16-22-18(27-24-16)13-6-7-13/h4-5,8-9,13H,6-7,10H2,1-3H3. The molecule has 5 rings (SSSR count). The van der Waals surface area contributed by atoms with Gasteiger partial charge in [-0.3, -0.25) is 9.36 Å². The number of hydrogen-bond acceptors (Lipinski definition) is 7. The van der Waals surface area contributed by atoms with E-state index in [2.05, 4.69) is 42.2 Å². The zero-order valence-corrected chi connectivity index (χ0v) is 18.1. The lowest BCUT2D eigenvalue weighted by molar-refractivity contribution is 0.375. The maximum atomic E-state index is 13.1. The number of benzene rings is 1. The van der Waals surface area contributed by atoms with Gasteiger partial charge in [-0.15, -0.1) is 11.3 Å². The molecule has 1 fully saturated rings. The predicted molar refractivity (Wildman–Crippen MR) is 116 cm³/mol. The highest BCUT2D eigenvalue weighted by Crippen LogP contribution is 2.39. The summed E-state index contributed by atoms with van der Waals surface area (Å²) in [5.41, 5.74) is 4.43. The number of aromatic nitrogens is 4. The Morgan fingerprint density at radius 3 is 2.83 bits per heavy atom. The van der Waals surface area contributed by atoms with Crippen molar-refractivity contribution < 1.29 is 4.52 Å². The van der Waals surface area contributed by atoms with Crippen molar-refractivity contribution in [3.05, 3.63) is 56.8 Å². The Balaban J connectivity index is 1.47. The van der Waals surface area contributed by atoms with Crippen molar-refractivity contribution in [2.24, 2.45) is 7.05 Å². The number of thioether (sulfide) groups is 1. The van der Waals surface area contributed by atoms with Crippen LogP contribution in [-0.2, 0) is 12.8 Å². The van der Waals surface area contributed by atoms with Gasteiger partial charge in [0.25, 0.3) is 5.56 Å². The molecule has 29 heavy (non-hydrogen) atoms.